The fraction of sp³-hybridized carbons (Fsp3) is 0.143. The molecule has 0 atom stereocenters. The lowest BCUT2D eigenvalue weighted by Gasteiger charge is -2.13. The van der Waals surface area contributed by atoms with Gasteiger partial charge in [-0.25, -0.2) is 9.78 Å². The second-order valence-electron chi connectivity index (χ2n) is 6.46. The van der Waals surface area contributed by atoms with Crippen LogP contribution in [0.4, 0.5) is 13.2 Å². The van der Waals surface area contributed by atoms with Gasteiger partial charge in [-0.2, -0.15) is 13.2 Å². The molecule has 2 aromatic carbocycles. The molecule has 0 spiro atoms. The zero-order valence-corrected chi connectivity index (χ0v) is 18.3. The quantitative estimate of drug-likeness (QED) is 0.298. The van der Waals surface area contributed by atoms with Gasteiger partial charge in [0.2, 0.25) is 0 Å². The highest BCUT2D eigenvalue weighted by atomic mass is 79.9. The molecule has 4 aromatic rings. The Morgan fingerprint density at radius 2 is 1.97 bits per heavy atom. The molecule has 0 bridgehead atoms. The van der Waals surface area contributed by atoms with Gasteiger partial charge in [-0.1, -0.05) is 34.1 Å². The number of nitrogens with zero attached hydrogens (tertiary/aromatic N) is 2. The lowest BCUT2D eigenvalue weighted by Crippen LogP contribution is -2.11. The summed E-state index contributed by atoms with van der Waals surface area (Å²) < 4.78 is 52.9. The van der Waals surface area contributed by atoms with Crippen LogP contribution in [0, 0.1) is 0 Å². The van der Waals surface area contributed by atoms with Crippen molar-refractivity contribution in [3.63, 3.8) is 0 Å². The summed E-state index contributed by atoms with van der Waals surface area (Å²) in [5.41, 5.74) is 0.728. The monoisotopic (exact) mass is 510 g/mol. The molecule has 10 heteroatoms. The lowest BCUT2D eigenvalue weighted by molar-refractivity contribution is -0.138. The molecule has 0 saturated heterocycles. The number of fused-ring (bicyclic) bond motifs is 1. The van der Waals surface area contributed by atoms with E-state index >= 15 is 0 Å². The highest BCUT2D eigenvalue weighted by molar-refractivity contribution is 9.10. The summed E-state index contributed by atoms with van der Waals surface area (Å²) in [7, 11) is 1.23. The van der Waals surface area contributed by atoms with Gasteiger partial charge in [0.15, 0.2) is 4.88 Å². The number of methoxy groups -OCH3 is 1. The summed E-state index contributed by atoms with van der Waals surface area (Å²) in [5.74, 6) is -0.495. The van der Waals surface area contributed by atoms with Crippen LogP contribution in [-0.4, -0.2) is 22.6 Å². The Morgan fingerprint density at radius 3 is 2.71 bits per heavy atom. The summed E-state index contributed by atoms with van der Waals surface area (Å²) in [6.07, 6.45) is -2.90. The van der Waals surface area contributed by atoms with E-state index < -0.39 is 17.7 Å². The molecule has 0 saturated carbocycles. The van der Waals surface area contributed by atoms with E-state index in [9.17, 15) is 18.0 Å². The van der Waals surface area contributed by atoms with E-state index in [1.165, 1.54) is 25.3 Å². The summed E-state index contributed by atoms with van der Waals surface area (Å²) >= 11 is 4.50. The number of hydrogen-bond acceptors (Lipinski definition) is 5. The highest BCUT2D eigenvalue weighted by Gasteiger charge is 2.33. The number of esters is 1. The van der Waals surface area contributed by atoms with E-state index in [1.54, 1.807) is 17.0 Å². The molecule has 5 nitrogen and oxygen atoms in total. The Balaban J connectivity index is 1.70. The molecule has 0 unspecified atom stereocenters. The van der Waals surface area contributed by atoms with Crippen LogP contribution in [0.3, 0.4) is 0 Å². The molecule has 4 rings (SSSR count). The molecule has 0 fully saturated rings. The minimum atomic E-state index is -4.51. The molecule has 0 aliphatic carbocycles. The fourth-order valence-electron chi connectivity index (χ4n) is 3.06. The zero-order chi connectivity index (χ0) is 22.2. The smallest absolute Gasteiger partial charge is 0.416 e. The van der Waals surface area contributed by atoms with E-state index in [0.717, 1.165) is 32.9 Å². The van der Waals surface area contributed by atoms with Crippen molar-refractivity contribution in [1.82, 2.24) is 9.55 Å². The maximum atomic E-state index is 13.3. The van der Waals surface area contributed by atoms with Gasteiger partial charge in [0, 0.05) is 16.1 Å². The highest BCUT2D eigenvalue weighted by Crippen LogP contribution is 2.36. The van der Waals surface area contributed by atoms with Gasteiger partial charge >= 0.3 is 12.1 Å². The van der Waals surface area contributed by atoms with Crippen LogP contribution >= 0.6 is 27.3 Å². The van der Waals surface area contributed by atoms with E-state index in [2.05, 4.69) is 20.9 Å². The fourth-order valence-corrected chi connectivity index (χ4v) is 4.42. The van der Waals surface area contributed by atoms with Gasteiger partial charge in [0.25, 0.3) is 0 Å². The predicted octanol–water partition coefficient (Wildman–Crippen LogP) is 6.23. The Bertz CT molecular complexity index is 1270. The number of hydrogen-bond donors (Lipinski definition) is 0. The van der Waals surface area contributed by atoms with Gasteiger partial charge in [0.05, 0.1) is 23.7 Å². The number of carbonyl (C=O) groups excluding carboxylic acids is 1. The molecular weight excluding hydrogens is 497 g/mol. The van der Waals surface area contributed by atoms with Crippen molar-refractivity contribution in [1.29, 1.82) is 0 Å². The maximum absolute atomic E-state index is 13.3. The second kappa shape index (κ2) is 8.35. The van der Waals surface area contributed by atoms with Crippen LogP contribution in [0.15, 0.2) is 59.3 Å². The number of halogens is 4. The molecule has 0 radical (unpaired) electrons. The molecular formula is C21H14BrF3N2O3S. The topological polar surface area (TPSA) is 53.4 Å². The first-order valence-electron chi connectivity index (χ1n) is 8.91. The van der Waals surface area contributed by atoms with Gasteiger partial charge < -0.3 is 9.47 Å². The largest absolute Gasteiger partial charge is 0.487 e. The number of ether oxygens (including phenoxy) is 2. The summed E-state index contributed by atoms with van der Waals surface area (Å²) in [5, 5.41) is 0.615. The summed E-state index contributed by atoms with van der Waals surface area (Å²) in [4.78, 5) is 16.8. The van der Waals surface area contributed by atoms with Crippen LogP contribution in [0.1, 0.15) is 20.8 Å². The molecule has 0 amide bonds. The third kappa shape index (κ3) is 4.31. The number of alkyl halides is 3. The molecule has 160 valence electrons. The van der Waals surface area contributed by atoms with Crippen molar-refractivity contribution in [3.8, 4) is 10.8 Å². The first kappa shape index (κ1) is 21.4. The number of aromatic nitrogens is 2. The van der Waals surface area contributed by atoms with Crippen molar-refractivity contribution in [2.75, 3.05) is 7.11 Å². The number of thiophene rings is 1. The second-order valence-corrected chi connectivity index (χ2v) is 8.41. The molecule has 0 aliphatic heterocycles. The molecule has 0 N–H and O–H groups in total. The van der Waals surface area contributed by atoms with Gasteiger partial charge in [-0.3, -0.25) is 4.57 Å². The van der Waals surface area contributed by atoms with Crippen LogP contribution in [0.2, 0.25) is 0 Å². The van der Waals surface area contributed by atoms with Crippen LogP contribution in [0.25, 0.3) is 16.0 Å². The predicted molar refractivity (Wildman–Crippen MR) is 114 cm³/mol. The Labute approximate surface area is 187 Å². The lowest BCUT2D eigenvalue weighted by atomic mass is 10.1. The normalized spacial score (nSPS) is 11.6. The first-order valence-corrected chi connectivity index (χ1v) is 10.5. The van der Waals surface area contributed by atoms with Crippen molar-refractivity contribution in [2.45, 2.75) is 12.8 Å². The van der Waals surface area contributed by atoms with Gasteiger partial charge in [-0.15, -0.1) is 11.3 Å². The molecule has 2 aromatic heterocycles. The average Bonchev–Trinajstić information content (AvgIpc) is 3.34. The van der Waals surface area contributed by atoms with Crippen LogP contribution in [-0.2, 0) is 17.5 Å². The molecule has 31 heavy (non-hydrogen) atoms. The van der Waals surface area contributed by atoms with Crippen LogP contribution < -0.4 is 4.74 Å². The van der Waals surface area contributed by atoms with Crippen LogP contribution in [0.5, 0.6) is 5.75 Å². The molecule has 2 heterocycles. The third-order valence-electron chi connectivity index (χ3n) is 4.51. The SMILES string of the molecule is COC(=O)c1sc(-n2cnc3cc(Br)ccc32)cc1OCc1ccccc1C(F)(F)F. The van der Waals surface area contributed by atoms with Crippen molar-refractivity contribution in [3.05, 3.63) is 75.3 Å². The Morgan fingerprint density at radius 1 is 1.19 bits per heavy atom. The third-order valence-corrected chi connectivity index (χ3v) is 6.10. The number of carbonyl (C=O) groups is 1. The van der Waals surface area contributed by atoms with Crippen molar-refractivity contribution >= 4 is 44.3 Å². The Kier molecular flexibility index (Phi) is 5.76. The average molecular weight is 511 g/mol. The van der Waals surface area contributed by atoms with Gasteiger partial charge in [0.1, 0.15) is 23.7 Å². The van der Waals surface area contributed by atoms with E-state index in [0.29, 0.717) is 5.00 Å². The van der Waals surface area contributed by atoms with Gasteiger partial charge in [-0.05, 0) is 24.3 Å². The van der Waals surface area contributed by atoms with E-state index in [4.69, 9.17) is 9.47 Å². The van der Waals surface area contributed by atoms with Crippen molar-refractivity contribution in [2.24, 2.45) is 0 Å². The summed E-state index contributed by atoms with van der Waals surface area (Å²) in [6, 6.07) is 12.3. The first-order chi connectivity index (χ1) is 14.8. The molecule has 0 aliphatic rings. The summed E-state index contributed by atoms with van der Waals surface area (Å²) in [6.45, 7) is -0.354. The maximum Gasteiger partial charge on any atom is 0.416 e. The number of rotatable bonds is 5. The minimum absolute atomic E-state index is 0.0310. The zero-order valence-electron chi connectivity index (χ0n) is 15.9. The standard InChI is InChI=1S/C21H14BrF3N2O3S/c1-29-20(28)19-17(30-10-12-4-2-3-5-14(12)21(23,24)25)9-18(31-19)27-11-26-15-8-13(22)6-7-16(15)27/h2-9,11H,10H2,1H3. The number of imidazole rings is 1. The number of benzene rings is 2. The Hall–Kier alpha value is -2.85. The minimum Gasteiger partial charge on any atom is -0.487 e. The van der Waals surface area contributed by atoms with E-state index in [1.807, 2.05) is 18.2 Å². The van der Waals surface area contributed by atoms with Crippen molar-refractivity contribution < 1.29 is 27.4 Å². The van der Waals surface area contributed by atoms with E-state index in [-0.39, 0.29) is 22.8 Å².